The van der Waals surface area contributed by atoms with Gasteiger partial charge < -0.3 is 13.6 Å². The molecule has 9 aromatic rings. The normalized spacial score (nSPS) is 11.5. The van der Waals surface area contributed by atoms with Gasteiger partial charge in [0.25, 0.3) is 0 Å². The summed E-state index contributed by atoms with van der Waals surface area (Å²) in [7, 11) is -4.51. The zero-order chi connectivity index (χ0) is 35.6. The zero-order valence-corrected chi connectivity index (χ0v) is 29.5. The molecular formula is C48H33O4P. The molecule has 0 unspecified atom stereocenters. The highest BCUT2D eigenvalue weighted by Crippen LogP contribution is 2.55. The summed E-state index contributed by atoms with van der Waals surface area (Å²) in [6.45, 7) is 0. The van der Waals surface area contributed by atoms with Crippen LogP contribution in [0.4, 0.5) is 0 Å². The summed E-state index contributed by atoms with van der Waals surface area (Å²) in [4.78, 5) is 0. The number of phosphoric ester groups is 1. The SMILES string of the molecule is O=P(Oc1ccccc1-c1cccc2ccccc12)(Oc1ccccc1-c1cccc2ccccc12)Oc1ccccc1-c1cccc2ccccc12. The fourth-order valence-electron chi connectivity index (χ4n) is 7.10. The number of benzene rings is 9. The second kappa shape index (κ2) is 13.8. The van der Waals surface area contributed by atoms with Gasteiger partial charge in [-0.1, -0.05) is 182 Å². The Balaban J connectivity index is 1.20. The largest absolute Gasteiger partial charge is 0.647 e. The molecule has 0 heterocycles. The van der Waals surface area contributed by atoms with Crippen molar-refractivity contribution in [2.45, 2.75) is 0 Å². The highest BCUT2D eigenvalue weighted by molar-refractivity contribution is 7.49. The van der Waals surface area contributed by atoms with Crippen LogP contribution in [-0.2, 0) is 4.57 Å². The van der Waals surface area contributed by atoms with Crippen molar-refractivity contribution in [1.29, 1.82) is 0 Å². The van der Waals surface area contributed by atoms with E-state index in [2.05, 4.69) is 54.6 Å². The van der Waals surface area contributed by atoms with Gasteiger partial charge in [0, 0.05) is 16.7 Å². The van der Waals surface area contributed by atoms with Gasteiger partial charge in [-0.05, 0) is 67.2 Å². The van der Waals surface area contributed by atoms with Gasteiger partial charge in [-0.2, -0.15) is 4.57 Å². The number of hydrogen-bond acceptors (Lipinski definition) is 4. The molecule has 0 aliphatic rings. The summed E-state index contributed by atoms with van der Waals surface area (Å²) in [5.74, 6) is 1.12. The lowest BCUT2D eigenvalue weighted by Crippen LogP contribution is -2.09. The Labute approximate surface area is 308 Å². The first kappa shape index (κ1) is 32.3. The Kier molecular flexibility index (Phi) is 8.44. The van der Waals surface area contributed by atoms with Crippen molar-refractivity contribution in [3.05, 3.63) is 200 Å². The second-order valence-electron chi connectivity index (χ2n) is 12.8. The Morgan fingerprint density at radius 1 is 0.264 bits per heavy atom. The average molecular weight is 705 g/mol. The number of para-hydroxylation sites is 3. The van der Waals surface area contributed by atoms with Gasteiger partial charge in [-0.3, -0.25) is 0 Å². The molecule has 0 N–H and O–H groups in total. The van der Waals surface area contributed by atoms with Crippen molar-refractivity contribution < 1.29 is 18.1 Å². The molecule has 53 heavy (non-hydrogen) atoms. The van der Waals surface area contributed by atoms with Crippen LogP contribution in [0.5, 0.6) is 17.2 Å². The molecule has 254 valence electrons. The summed E-state index contributed by atoms with van der Waals surface area (Å²) >= 11 is 0. The van der Waals surface area contributed by atoms with E-state index in [1.165, 1.54) is 0 Å². The van der Waals surface area contributed by atoms with E-state index < -0.39 is 7.82 Å². The first-order valence-corrected chi connectivity index (χ1v) is 19.0. The van der Waals surface area contributed by atoms with Crippen LogP contribution in [0.3, 0.4) is 0 Å². The summed E-state index contributed by atoms with van der Waals surface area (Å²) in [6, 6.07) is 65.7. The van der Waals surface area contributed by atoms with Crippen LogP contribution in [-0.4, -0.2) is 0 Å². The van der Waals surface area contributed by atoms with Gasteiger partial charge in [-0.25, -0.2) is 0 Å². The average Bonchev–Trinajstić information content (AvgIpc) is 3.21. The molecule has 0 spiro atoms. The van der Waals surface area contributed by atoms with Gasteiger partial charge in [0.2, 0.25) is 0 Å². The number of rotatable bonds is 9. The van der Waals surface area contributed by atoms with E-state index in [1.54, 1.807) is 0 Å². The van der Waals surface area contributed by atoms with Crippen molar-refractivity contribution in [3.63, 3.8) is 0 Å². The van der Waals surface area contributed by atoms with Crippen LogP contribution >= 0.6 is 7.82 Å². The van der Waals surface area contributed by atoms with Gasteiger partial charge in [0.1, 0.15) is 17.2 Å². The van der Waals surface area contributed by atoms with E-state index in [9.17, 15) is 0 Å². The summed E-state index contributed by atoms with van der Waals surface area (Å²) in [5.41, 5.74) is 5.12. The molecule has 0 radical (unpaired) electrons. The minimum atomic E-state index is -4.51. The van der Waals surface area contributed by atoms with Crippen LogP contribution in [0, 0.1) is 0 Å². The smallest absolute Gasteiger partial charge is 0.385 e. The van der Waals surface area contributed by atoms with E-state index in [0.717, 1.165) is 65.7 Å². The molecule has 0 aromatic heterocycles. The molecule has 0 fully saturated rings. The third-order valence-corrected chi connectivity index (χ3v) is 10.8. The second-order valence-corrected chi connectivity index (χ2v) is 14.2. The molecular weight excluding hydrogens is 671 g/mol. The minimum absolute atomic E-state index is 0.373. The van der Waals surface area contributed by atoms with Crippen molar-refractivity contribution in [1.82, 2.24) is 0 Å². The van der Waals surface area contributed by atoms with E-state index in [4.69, 9.17) is 13.6 Å². The monoisotopic (exact) mass is 704 g/mol. The fraction of sp³-hybridized carbons (Fsp3) is 0. The minimum Gasteiger partial charge on any atom is -0.385 e. The summed E-state index contributed by atoms with van der Waals surface area (Å²) in [5, 5.41) is 6.40. The molecule has 0 saturated carbocycles. The fourth-order valence-corrected chi connectivity index (χ4v) is 8.42. The molecule has 9 aromatic carbocycles. The van der Waals surface area contributed by atoms with Crippen molar-refractivity contribution in [3.8, 4) is 50.6 Å². The molecule has 0 saturated heterocycles. The molecule has 5 heteroatoms. The predicted octanol–water partition coefficient (Wildman–Crippen LogP) is 13.8. The maximum atomic E-state index is 15.6. The Morgan fingerprint density at radius 3 is 0.849 bits per heavy atom. The zero-order valence-electron chi connectivity index (χ0n) is 28.6. The van der Waals surface area contributed by atoms with Crippen LogP contribution in [0.15, 0.2) is 200 Å². The van der Waals surface area contributed by atoms with Crippen molar-refractivity contribution in [2.24, 2.45) is 0 Å². The molecule has 0 aliphatic carbocycles. The van der Waals surface area contributed by atoms with Crippen LogP contribution in [0.2, 0.25) is 0 Å². The number of hydrogen-bond donors (Lipinski definition) is 0. The Hall–Kier alpha value is -6.61. The summed E-state index contributed by atoms with van der Waals surface area (Å²) in [6.07, 6.45) is 0. The lowest BCUT2D eigenvalue weighted by Gasteiger charge is -2.24. The third-order valence-electron chi connectivity index (χ3n) is 9.53. The molecule has 0 amide bonds. The summed E-state index contributed by atoms with van der Waals surface area (Å²) < 4.78 is 35.4. The molecule has 4 nitrogen and oxygen atoms in total. The lowest BCUT2D eigenvalue weighted by atomic mass is 9.98. The predicted molar refractivity (Wildman–Crippen MR) is 218 cm³/mol. The Morgan fingerprint density at radius 2 is 0.509 bits per heavy atom. The van der Waals surface area contributed by atoms with Gasteiger partial charge >= 0.3 is 7.82 Å². The van der Waals surface area contributed by atoms with E-state index in [1.807, 2.05) is 146 Å². The van der Waals surface area contributed by atoms with Crippen LogP contribution < -0.4 is 13.6 Å². The molecule has 0 atom stereocenters. The first-order valence-electron chi connectivity index (χ1n) is 17.5. The van der Waals surface area contributed by atoms with Gasteiger partial charge in [0.15, 0.2) is 0 Å². The van der Waals surface area contributed by atoms with E-state index >= 15 is 4.57 Å². The van der Waals surface area contributed by atoms with E-state index in [-0.39, 0.29) is 0 Å². The Bertz CT molecular complexity index is 2500. The lowest BCUT2D eigenvalue weighted by molar-refractivity contribution is 0.299. The maximum Gasteiger partial charge on any atom is 0.647 e. The van der Waals surface area contributed by atoms with Gasteiger partial charge in [-0.15, -0.1) is 0 Å². The van der Waals surface area contributed by atoms with Gasteiger partial charge in [0.05, 0.1) is 0 Å². The molecule has 9 rings (SSSR count). The van der Waals surface area contributed by atoms with Crippen LogP contribution in [0.25, 0.3) is 65.7 Å². The number of fused-ring (bicyclic) bond motifs is 3. The highest BCUT2D eigenvalue weighted by Gasteiger charge is 2.36. The standard InChI is InChI=1S/C48H33O4P/c49-53(50-46-31-10-7-25-43(46)40-28-13-19-34-16-1-4-22-37(34)40,51-47-32-11-8-26-44(47)41-29-14-20-35-17-2-5-23-38(35)41)52-48-33-12-9-27-45(48)42-30-15-21-36-18-3-6-24-39(36)42/h1-33H. The highest BCUT2D eigenvalue weighted by atomic mass is 31.2. The first-order chi connectivity index (χ1) is 26.1. The topological polar surface area (TPSA) is 44.8 Å². The quantitative estimate of drug-likeness (QED) is 0.140. The molecule has 0 aliphatic heterocycles. The number of phosphoric acid groups is 1. The molecule has 0 bridgehead atoms. The van der Waals surface area contributed by atoms with Crippen molar-refractivity contribution >= 4 is 40.1 Å². The van der Waals surface area contributed by atoms with Crippen LogP contribution in [0.1, 0.15) is 0 Å². The third kappa shape index (κ3) is 6.31. The maximum absolute atomic E-state index is 15.6. The van der Waals surface area contributed by atoms with E-state index in [0.29, 0.717) is 17.2 Å². The van der Waals surface area contributed by atoms with Crippen molar-refractivity contribution in [2.75, 3.05) is 0 Å².